The van der Waals surface area contributed by atoms with Crippen molar-refractivity contribution < 1.29 is 21.6 Å². The Bertz CT molecular complexity index is 1200. The van der Waals surface area contributed by atoms with Gasteiger partial charge in [0.1, 0.15) is 0 Å². The molecule has 0 aromatic heterocycles. The highest BCUT2D eigenvalue weighted by molar-refractivity contribution is 7.89. The topological polar surface area (TPSA) is 107 Å². The summed E-state index contributed by atoms with van der Waals surface area (Å²) in [5.41, 5.74) is 0.597. The molecule has 0 radical (unpaired) electrons. The normalized spacial score (nSPS) is 16.3. The van der Waals surface area contributed by atoms with Crippen LogP contribution in [0.5, 0.6) is 0 Å². The van der Waals surface area contributed by atoms with Gasteiger partial charge in [0.25, 0.3) is 5.91 Å². The monoisotopic (exact) mass is 494 g/mol. The summed E-state index contributed by atoms with van der Waals surface area (Å²) in [6.45, 7) is 5.70. The summed E-state index contributed by atoms with van der Waals surface area (Å²) in [6, 6.07) is 11.6. The Morgan fingerprint density at radius 3 is 2.12 bits per heavy atom. The second kappa shape index (κ2) is 9.90. The van der Waals surface area contributed by atoms with E-state index in [4.69, 9.17) is 0 Å². The van der Waals surface area contributed by atoms with Gasteiger partial charge in [0.05, 0.1) is 9.79 Å². The molecular formula is C22H30N4O5S2. The number of nitrogens with zero attached hydrogens (tertiary/aromatic N) is 3. The van der Waals surface area contributed by atoms with E-state index in [1.807, 2.05) is 7.05 Å². The highest BCUT2D eigenvalue weighted by atomic mass is 32.2. The third-order valence-electron chi connectivity index (χ3n) is 5.71. The van der Waals surface area contributed by atoms with Crippen molar-refractivity contribution in [3.8, 4) is 0 Å². The number of anilines is 1. The molecular weight excluding hydrogens is 464 g/mol. The summed E-state index contributed by atoms with van der Waals surface area (Å²) in [7, 11) is -3.86. The predicted molar refractivity (Wildman–Crippen MR) is 127 cm³/mol. The Morgan fingerprint density at radius 2 is 1.55 bits per heavy atom. The summed E-state index contributed by atoms with van der Waals surface area (Å²) < 4.78 is 53.8. The lowest BCUT2D eigenvalue weighted by atomic mass is 10.2. The fourth-order valence-corrected chi connectivity index (χ4v) is 6.17. The van der Waals surface area contributed by atoms with Crippen molar-refractivity contribution in [1.29, 1.82) is 0 Å². The molecule has 0 bridgehead atoms. The van der Waals surface area contributed by atoms with Crippen molar-refractivity contribution in [2.75, 3.05) is 45.6 Å². The van der Waals surface area contributed by atoms with Crippen molar-refractivity contribution in [1.82, 2.24) is 13.5 Å². The first kappa shape index (κ1) is 25.3. The lowest BCUT2D eigenvalue weighted by molar-refractivity contribution is 0.102. The zero-order valence-corrected chi connectivity index (χ0v) is 20.9. The summed E-state index contributed by atoms with van der Waals surface area (Å²) in [5.74, 6) is -0.467. The van der Waals surface area contributed by atoms with Crippen LogP contribution in [0, 0.1) is 0 Å². The molecule has 0 saturated carbocycles. The second-order valence-corrected chi connectivity index (χ2v) is 12.3. The lowest BCUT2D eigenvalue weighted by Crippen LogP contribution is -2.47. The number of piperazine rings is 1. The number of hydrogen-bond acceptors (Lipinski definition) is 6. The first-order valence-electron chi connectivity index (χ1n) is 10.6. The summed E-state index contributed by atoms with van der Waals surface area (Å²) in [4.78, 5) is 15.0. The molecule has 1 saturated heterocycles. The quantitative estimate of drug-likeness (QED) is 0.630. The molecule has 0 atom stereocenters. The Balaban J connectivity index is 1.75. The maximum Gasteiger partial charge on any atom is 0.255 e. The number of hydrogen-bond donors (Lipinski definition) is 1. The molecule has 11 heteroatoms. The average Bonchev–Trinajstić information content (AvgIpc) is 2.79. The number of likely N-dealkylation sites (N-methyl/N-ethyl adjacent to an activating group) is 1. The van der Waals surface area contributed by atoms with E-state index < -0.39 is 26.0 Å². The third kappa shape index (κ3) is 5.61. The molecule has 1 aliphatic heterocycles. The van der Waals surface area contributed by atoms with E-state index in [1.165, 1.54) is 52.1 Å². The summed E-state index contributed by atoms with van der Waals surface area (Å²) in [5, 5.41) is 2.69. The molecule has 3 rings (SSSR count). The van der Waals surface area contributed by atoms with E-state index in [0.29, 0.717) is 31.9 Å². The smallest absolute Gasteiger partial charge is 0.255 e. The van der Waals surface area contributed by atoms with Crippen molar-refractivity contribution in [3.63, 3.8) is 0 Å². The molecule has 1 heterocycles. The van der Waals surface area contributed by atoms with Crippen LogP contribution in [0.4, 0.5) is 5.69 Å². The van der Waals surface area contributed by atoms with E-state index in [-0.39, 0.29) is 21.4 Å². The van der Waals surface area contributed by atoms with Gasteiger partial charge in [-0.1, -0.05) is 6.07 Å². The van der Waals surface area contributed by atoms with Crippen LogP contribution in [0.25, 0.3) is 0 Å². The number of amides is 1. The minimum absolute atomic E-state index is 0.0931. The minimum Gasteiger partial charge on any atom is -0.322 e. The molecule has 1 N–H and O–H groups in total. The lowest BCUT2D eigenvalue weighted by Gasteiger charge is -2.31. The van der Waals surface area contributed by atoms with E-state index in [9.17, 15) is 21.6 Å². The van der Waals surface area contributed by atoms with Crippen LogP contribution in [0.2, 0.25) is 0 Å². The van der Waals surface area contributed by atoms with E-state index in [1.54, 1.807) is 26.0 Å². The van der Waals surface area contributed by atoms with Gasteiger partial charge in [-0.3, -0.25) is 4.79 Å². The summed E-state index contributed by atoms with van der Waals surface area (Å²) in [6.07, 6.45) is 0. The Morgan fingerprint density at radius 1 is 0.939 bits per heavy atom. The van der Waals surface area contributed by atoms with Crippen molar-refractivity contribution in [2.24, 2.45) is 0 Å². The van der Waals surface area contributed by atoms with Gasteiger partial charge in [0, 0.05) is 50.5 Å². The number of rotatable bonds is 7. The number of carbonyl (C=O) groups is 1. The largest absolute Gasteiger partial charge is 0.322 e. The molecule has 0 aliphatic carbocycles. The molecule has 2 aromatic rings. The van der Waals surface area contributed by atoms with Gasteiger partial charge in [0.2, 0.25) is 20.0 Å². The zero-order chi connectivity index (χ0) is 24.4. The van der Waals surface area contributed by atoms with Gasteiger partial charge < -0.3 is 10.2 Å². The molecule has 0 spiro atoms. The van der Waals surface area contributed by atoms with Crippen LogP contribution < -0.4 is 5.32 Å². The van der Waals surface area contributed by atoms with Gasteiger partial charge in [-0.25, -0.2) is 16.8 Å². The van der Waals surface area contributed by atoms with Gasteiger partial charge in [-0.2, -0.15) is 8.61 Å². The molecule has 1 aliphatic rings. The van der Waals surface area contributed by atoms with Crippen LogP contribution >= 0.6 is 0 Å². The maximum atomic E-state index is 13.0. The van der Waals surface area contributed by atoms with Gasteiger partial charge in [-0.15, -0.1) is 0 Å². The first-order valence-corrected chi connectivity index (χ1v) is 13.5. The third-order valence-corrected chi connectivity index (χ3v) is 9.66. The maximum absolute atomic E-state index is 13.0. The van der Waals surface area contributed by atoms with Crippen molar-refractivity contribution in [2.45, 2.75) is 29.7 Å². The average molecular weight is 495 g/mol. The van der Waals surface area contributed by atoms with Crippen molar-refractivity contribution in [3.05, 3.63) is 54.1 Å². The Kier molecular flexibility index (Phi) is 7.59. The fraction of sp³-hybridized carbons (Fsp3) is 0.409. The second-order valence-electron chi connectivity index (χ2n) is 8.33. The van der Waals surface area contributed by atoms with Gasteiger partial charge in [0.15, 0.2) is 0 Å². The molecule has 33 heavy (non-hydrogen) atoms. The van der Waals surface area contributed by atoms with Crippen LogP contribution in [-0.4, -0.2) is 82.6 Å². The standard InChI is InChI=1S/C22H30N4O5S2/c1-17(2)25(4)32(28,29)20-10-8-18(9-11-20)22(27)23-19-6-5-7-21(16-19)33(30,31)26-14-12-24(3)13-15-26/h5-11,16-17H,12-15H2,1-4H3,(H,23,27). The van der Waals surface area contributed by atoms with E-state index in [2.05, 4.69) is 10.2 Å². The molecule has 2 aromatic carbocycles. The van der Waals surface area contributed by atoms with Gasteiger partial charge >= 0.3 is 0 Å². The minimum atomic E-state index is -3.66. The fourth-order valence-electron chi connectivity index (χ4n) is 3.34. The van der Waals surface area contributed by atoms with Crippen LogP contribution in [0.3, 0.4) is 0 Å². The molecule has 0 unspecified atom stereocenters. The number of nitrogens with one attached hydrogen (secondary N) is 1. The van der Waals surface area contributed by atoms with Crippen LogP contribution in [0.1, 0.15) is 24.2 Å². The number of carbonyl (C=O) groups excluding carboxylic acids is 1. The van der Waals surface area contributed by atoms with E-state index in [0.717, 1.165) is 0 Å². The number of benzene rings is 2. The van der Waals surface area contributed by atoms with Crippen molar-refractivity contribution >= 4 is 31.6 Å². The molecule has 1 fully saturated rings. The molecule has 180 valence electrons. The molecule has 1 amide bonds. The van der Waals surface area contributed by atoms with Crippen LogP contribution in [0.15, 0.2) is 58.3 Å². The predicted octanol–water partition coefficient (Wildman–Crippen LogP) is 1.90. The Labute approximate surface area is 196 Å². The highest BCUT2D eigenvalue weighted by Gasteiger charge is 2.28. The van der Waals surface area contributed by atoms with E-state index >= 15 is 0 Å². The first-order chi connectivity index (χ1) is 15.4. The SMILES string of the molecule is CC(C)N(C)S(=O)(=O)c1ccc(C(=O)Nc2cccc(S(=O)(=O)N3CCN(C)CC3)c2)cc1. The van der Waals surface area contributed by atoms with Crippen LogP contribution in [-0.2, 0) is 20.0 Å². The zero-order valence-electron chi connectivity index (χ0n) is 19.2. The Hall–Kier alpha value is -2.31. The van der Waals surface area contributed by atoms with Gasteiger partial charge in [-0.05, 0) is 63.4 Å². The number of sulfonamides is 2. The highest BCUT2D eigenvalue weighted by Crippen LogP contribution is 2.22. The summed E-state index contributed by atoms with van der Waals surface area (Å²) >= 11 is 0. The molecule has 9 nitrogen and oxygen atoms in total.